The number of phenolic OH excluding ortho intramolecular Hbond substituents is 1. The minimum Gasteiger partial charge on any atom is -0.508 e. The van der Waals surface area contributed by atoms with Gasteiger partial charge in [0.1, 0.15) is 36.0 Å². The van der Waals surface area contributed by atoms with E-state index in [4.69, 9.17) is 5.11 Å². The Labute approximate surface area is 362 Å². The fraction of sp³-hybridized carbons (Fsp3) is 0.452. The number of aromatic hydroxyl groups is 1. The van der Waals surface area contributed by atoms with Crippen molar-refractivity contribution < 1.29 is 63.6 Å². The SMILES string of the molecule is CCCC[C@@H](C(=O)N[C@@H](CC(=O)O)C(=O)O)N(C)C(=O)[C@H](Cc1c[nH]c2ccccc12)NC(=O)CNC(=O)[C@H](Cc1ccc(O)cc1)NC(=O)[C@H](C)NC(=O)[C@@H](CCC(=O)O)NC. The average molecular weight is 881 g/mol. The monoisotopic (exact) mass is 880 g/mol. The van der Waals surface area contributed by atoms with E-state index in [1.165, 1.54) is 45.3 Å². The number of carbonyl (C=O) groups excluding carboxylic acids is 6. The van der Waals surface area contributed by atoms with Crippen molar-refractivity contribution in [2.24, 2.45) is 0 Å². The third-order valence-corrected chi connectivity index (χ3v) is 10.2. The summed E-state index contributed by atoms with van der Waals surface area (Å²) in [5.74, 6) is -8.99. The van der Waals surface area contributed by atoms with E-state index >= 15 is 0 Å². The molecule has 0 aliphatic carbocycles. The number of rotatable bonds is 26. The minimum absolute atomic E-state index is 0.0545. The number of nitrogens with one attached hydrogen (secondary N) is 7. The van der Waals surface area contributed by atoms with Gasteiger partial charge in [-0.15, -0.1) is 0 Å². The molecule has 0 radical (unpaired) electrons. The highest BCUT2D eigenvalue weighted by Crippen LogP contribution is 2.21. The molecule has 2 aromatic carbocycles. The molecule has 0 fully saturated rings. The van der Waals surface area contributed by atoms with Crippen LogP contribution in [0.4, 0.5) is 0 Å². The van der Waals surface area contributed by atoms with Crippen LogP contribution in [0.2, 0.25) is 0 Å². The number of carboxylic acids is 3. The number of benzene rings is 2. The van der Waals surface area contributed by atoms with Gasteiger partial charge in [0.2, 0.25) is 35.4 Å². The Bertz CT molecular complexity index is 2110. The summed E-state index contributed by atoms with van der Waals surface area (Å²) in [6.07, 6.45) is 1.25. The Morgan fingerprint density at radius 1 is 0.730 bits per heavy atom. The number of H-pyrrole nitrogens is 1. The van der Waals surface area contributed by atoms with Crippen LogP contribution in [0.15, 0.2) is 54.7 Å². The molecular formula is C42H56N8O13. The summed E-state index contributed by atoms with van der Waals surface area (Å²) in [6, 6.07) is 5.11. The molecule has 63 heavy (non-hydrogen) atoms. The summed E-state index contributed by atoms with van der Waals surface area (Å²) in [5, 5.41) is 53.3. The predicted molar refractivity (Wildman–Crippen MR) is 226 cm³/mol. The van der Waals surface area contributed by atoms with Crippen LogP contribution in [-0.2, 0) is 56.0 Å². The van der Waals surface area contributed by atoms with E-state index in [0.29, 0.717) is 24.0 Å². The summed E-state index contributed by atoms with van der Waals surface area (Å²) in [4.78, 5) is 120. The third kappa shape index (κ3) is 15.7. The van der Waals surface area contributed by atoms with Crippen LogP contribution in [0.3, 0.4) is 0 Å². The van der Waals surface area contributed by atoms with Crippen molar-refractivity contribution >= 4 is 64.3 Å². The lowest BCUT2D eigenvalue weighted by Crippen LogP contribution is -2.58. The van der Waals surface area contributed by atoms with Crippen molar-refractivity contribution in [2.45, 2.75) is 101 Å². The van der Waals surface area contributed by atoms with E-state index in [1.807, 2.05) is 6.92 Å². The van der Waals surface area contributed by atoms with Crippen LogP contribution in [0, 0.1) is 0 Å². The van der Waals surface area contributed by atoms with Gasteiger partial charge in [0.05, 0.1) is 19.0 Å². The van der Waals surface area contributed by atoms with Crippen molar-refractivity contribution in [3.8, 4) is 5.75 Å². The number of aromatic nitrogens is 1. The predicted octanol–water partition coefficient (Wildman–Crippen LogP) is -0.237. The Kier molecular flexibility index (Phi) is 19.5. The molecule has 21 nitrogen and oxygen atoms in total. The van der Waals surface area contributed by atoms with E-state index in [2.05, 4.69) is 36.9 Å². The molecule has 21 heteroatoms. The summed E-state index contributed by atoms with van der Waals surface area (Å²) in [7, 11) is 2.76. The summed E-state index contributed by atoms with van der Waals surface area (Å²) >= 11 is 0. The van der Waals surface area contributed by atoms with Crippen molar-refractivity contribution in [2.75, 3.05) is 20.6 Å². The summed E-state index contributed by atoms with van der Waals surface area (Å²) in [6.45, 7) is 2.50. The quantitative estimate of drug-likeness (QED) is 0.0496. The number of aliphatic carboxylic acids is 3. The molecule has 3 rings (SSSR count). The van der Waals surface area contributed by atoms with Gasteiger partial charge in [0, 0.05) is 43.4 Å². The standard InChI is InChI=1S/C42H56N8O13/c1-5-6-11-33(40(60)49-32(42(62)63)20-36(55)56)50(4)41(61)31(19-25-21-44-28-10-8-7-9-27(25)28)47-34(52)22-45-38(58)30(18-24-12-14-26(51)15-13-24)48-37(57)23(2)46-39(59)29(43-3)16-17-35(53)54/h7-10,12-15,21,23,29-33,43-44,51H,5-6,11,16-20,22H2,1-4H3,(H,45,58)(H,46,59)(H,47,52)(H,48,57)(H,49,60)(H,53,54)(H,55,56)(H,62,63)/t23-,29+,30-,31-,32-,33-/m0/s1. The Hall–Kier alpha value is -7.03. The number of carboxylic acid groups (broad SMARTS) is 3. The number of carbonyl (C=O) groups is 9. The molecule has 0 aliphatic heterocycles. The first-order valence-electron chi connectivity index (χ1n) is 20.3. The molecular weight excluding hydrogens is 825 g/mol. The normalized spacial score (nSPS) is 13.8. The largest absolute Gasteiger partial charge is 0.508 e. The summed E-state index contributed by atoms with van der Waals surface area (Å²) in [5.41, 5.74) is 1.86. The van der Waals surface area contributed by atoms with Gasteiger partial charge in [-0.25, -0.2) is 4.79 Å². The van der Waals surface area contributed by atoms with Crippen molar-refractivity contribution in [3.05, 3.63) is 65.9 Å². The first kappa shape index (κ1) is 50.3. The van der Waals surface area contributed by atoms with E-state index in [0.717, 1.165) is 15.8 Å². The van der Waals surface area contributed by atoms with Crippen LogP contribution < -0.4 is 31.9 Å². The summed E-state index contributed by atoms with van der Waals surface area (Å²) < 4.78 is 0. The van der Waals surface area contributed by atoms with Gasteiger partial charge in [-0.3, -0.25) is 38.4 Å². The topological polar surface area (TPSA) is 326 Å². The van der Waals surface area contributed by atoms with Crippen molar-refractivity contribution in [1.82, 2.24) is 41.8 Å². The number of hydrogen-bond donors (Lipinski definition) is 11. The molecule has 3 aromatic rings. The Morgan fingerprint density at radius 3 is 2.02 bits per heavy atom. The van der Waals surface area contributed by atoms with Crippen LogP contribution >= 0.6 is 0 Å². The molecule has 1 heterocycles. The Morgan fingerprint density at radius 2 is 1.40 bits per heavy atom. The molecule has 342 valence electrons. The molecule has 0 unspecified atom stereocenters. The number of unbranched alkanes of at least 4 members (excludes halogenated alkanes) is 1. The number of likely N-dealkylation sites (N-methyl/N-ethyl adjacent to an activating group) is 2. The van der Waals surface area contributed by atoms with Crippen molar-refractivity contribution in [3.63, 3.8) is 0 Å². The van der Waals surface area contributed by atoms with Crippen LogP contribution in [0.25, 0.3) is 10.9 Å². The smallest absolute Gasteiger partial charge is 0.326 e. The first-order valence-corrected chi connectivity index (χ1v) is 20.3. The van der Waals surface area contributed by atoms with Gasteiger partial charge in [0.15, 0.2) is 0 Å². The highest BCUT2D eigenvalue weighted by molar-refractivity contribution is 5.97. The van der Waals surface area contributed by atoms with Crippen LogP contribution in [0.5, 0.6) is 5.75 Å². The molecule has 0 bridgehead atoms. The maximum Gasteiger partial charge on any atom is 0.326 e. The van der Waals surface area contributed by atoms with Crippen molar-refractivity contribution in [1.29, 1.82) is 0 Å². The van der Waals surface area contributed by atoms with E-state index in [9.17, 15) is 58.5 Å². The second-order valence-corrected chi connectivity index (χ2v) is 14.9. The molecule has 6 atom stereocenters. The molecule has 0 spiro atoms. The van der Waals surface area contributed by atoms with Gasteiger partial charge in [-0.2, -0.15) is 0 Å². The average Bonchev–Trinajstić information content (AvgIpc) is 3.64. The molecule has 0 saturated heterocycles. The lowest BCUT2D eigenvalue weighted by atomic mass is 10.0. The zero-order valence-electron chi connectivity index (χ0n) is 35.4. The van der Waals surface area contributed by atoms with Gasteiger partial charge >= 0.3 is 17.9 Å². The van der Waals surface area contributed by atoms with E-state index < -0.39 is 103 Å². The Balaban J connectivity index is 1.84. The van der Waals surface area contributed by atoms with Gasteiger partial charge in [-0.1, -0.05) is 50.1 Å². The first-order chi connectivity index (χ1) is 29.8. The second-order valence-electron chi connectivity index (χ2n) is 14.9. The molecule has 0 saturated carbocycles. The maximum atomic E-state index is 14.3. The number of fused-ring (bicyclic) bond motifs is 1. The van der Waals surface area contributed by atoms with Gasteiger partial charge in [0.25, 0.3) is 0 Å². The number of nitrogens with zero attached hydrogens (tertiary/aromatic N) is 1. The molecule has 0 aliphatic rings. The number of phenols is 1. The number of para-hydroxylation sites is 1. The highest BCUT2D eigenvalue weighted by Gasteiger charge is 2.35. The van der Waals surface area contributed by atoms with E-state index in [-0.39, 0.29) is 37.9 Å². The maximum absolute atomic E-state index is 14.3. The lowest BCUT2D eigenvalue weighted by molar-refractivity contribution is -0.148. The number of hydrogen-bond acceptors (Lipinski definition) is 11. The van der Waals surface area contributed by atoms with E-state index in [1.54, 1.807) is 30.5 Å². The second kappa shape index (κ2) is 24.4. The van der Waals surface area contributed by atoms with Crippen LogP contribution in [0.1, 0.15) is 63.5 Å². The number of aromatic amines is 1. The highest BCUT2D eigenvalue weighted by atomic mass is 16.4. The zero-order chi connectivity index (χ0) is 46.8. The fourth-order valence-corrected chi connectivity index (χ4v) is 6.62. The molecule has 11 N–H and O–H groups in total. The van der Waals surface area contributed by atoms with Gasteiger partial charge in [-0.05, 0) is 56.1 Å². The number of amides is 6. The fourth-order valence-electron chi connectivity index (χ4n) is 6.62. The van der Waals surface area contributed by atoms with Gasteiger partial charge < -0.3 is 62.2 Å². The lowest BCUT2D eigenvalue weighted by Gasteiger charge is -2.31. The van der Waals surface area contributed by atoms with Crippen LogP contribution in [-0.4, -0.2) is 141 Å². The molecule has 6 amide bonds. The molecule has 1 aromatic heterocycles. The third-order valence-electron chi connectivity index (χ3n) is 10.2. The minimum atomic E-state index is -1.78. The zero-order valence-corrected chi connectivity index (χ0v) is 35.4.